The maximum Gasteiger partial charge on any atom is 0.327 e. The van der Waals surface area contributed by atoms with Crippen LogP contribution in [0.5, 0.6) is 5.75 Å². The predicted molar refractivity (Wildman–Crippen MR) is 115 cm³/mol. The Morgan fingerprint density at radius 3 is 1.93 bits per heavy atom. The summed E-state index contributed by atoms with van der Waals surface area (Å²) in [4.78, 5) is 12.5. The van der Waals surface area contributed by atoms with E-state index < -0.39 is 14.6 Å². The second-order valence-electron chi connectivity index (χ2n) is 7.47. The highest BCUT2D eigenvalue weighted by Crippen LogP contribution is 2.50. The third-order valence-corrected chi connectivity index (χ3v) is 7.19. The average molecular weight is 490 g/mol. The zero-order chi connectivity index (χ0) is 20.6. The average Bonchev–Trinajstić information content (AvgIpc) is 3.25. The maximum atomic E-state index is 12.5. The number of hydrogen-bond acceptors (Lipinski definition) is 5. The quantitative estimate of drug-likeness (QED) is 0.213. The van der Waals surface area contributed by atoms with Crippen LogP contribution in [0.25, 0.3) is 11.2 Å². The van der Waals surface area contributed by atoms with Gasteiger partial charge in [-0.1, -0.05) is 57.2 Å². The van der Waals surface area contributed by atoms with Gasteiger partial charge >= 0.3 is 5.97 Å². The monoisotopic (exact) mass is 490 g/mol. The Morgan fingerprint density at radius 1 is 1.00 bits per heavy atom. The van der Waals surface area contributed by atoms with Gasteiger partial charge < -0.3 is 19.4 Å². The van der Waals surface area contributed by atoms with Crippen molar-refractivity contribution in [3.05, 3.63) is 17.2 Å². The van der Waals surface area contributed by atoms with Gasteiger partial charge in [-0.3, -0.25) is 4.79 Å². The van der Waals surface area contributed by atoms with Crippen LogP contribution < -0.4 is 4.74 Å². The van der Waals surface area contributed by atoms with Crippen LogP contribution in [0.1, 0.15) is 84.8 Å². The minimum Gasteiger partial charge on any atom is -0.452 e. The normalized spacial score (nSPS) is 15.3. The molecule has 0 spiro atoms. The lowest BCUT2D eigenvalue weighted by molar-refractivity contribution is -0.136. The Labute approximate surface area is 174 Å². The van der Waals surface area contributed by atoms with Crippen molar-refractivity contribution in [2.75, 3.05) is 0 Å². The van der Waals surface area contributed by atoms with Crippen LogP contribution in [-0.2, 0) is 16.0 Å². The van der Waals surface area contributed by atoms with Crippen molar-refractivity contribution in [2.45, 2.75) is 88.3 Å². The molecule has 2 heterocycles. The Morgan fingerprint density at radius 2 is 1.48 bits per heavy atom. The molecule has 0 aliphatic heterocycles. The Hall–Kier alpha value is -0.860. The Kier molecular flexibility index (Phi) is 6.54. The second-order valence-corrected chi connectivity index (χ2v) is 9.85. The lowest BCUT2D eigenvalue weighted by Gasteiger charge is -2.33. The summed E-state index contributed by atoms with van der Waals surface area (Å²) in [5.74, 6) is -0.0280. The number of esters is 1. The van der Waals surface area contributed by atoms with Crippen LogP contribution in [0.3, 0.4) is 0 Å². The van der Waals surface area contributed by atoms with E-state index in [4.69, 9.17) is 9.15 Å². The highest BCUT2D eigenvalue weighted by atomic mass is 127. The van der Waals surface area contributed by atoms with Gasteiger partial charge in [-0.2, -0.15) is 0 Å². The highest BCUT2D eigenvalue weighted by molar-refractivity contribution is 14.1. The van der Waals surface area contributed by atoms with Crippen LogP contribution in [0.2, 0.25) is 0 Å². The first kappa shape index (κ1) is 22.4. The zero-order valence-electron chi connectivity index (χ0n) is 17.1. The van der Waals surface area contributed by atoms with E-state index in [1.165, 1.54) is 0 Å². The Bertz CT molecular complexity index is 784. The number of benzene rings is 1. The molecule has 5 nitrogen and oxygen atoms in total. The van der Waals surface area contributed by atoms with Crippen molar-refractivity contribution in [1.82, 2.24) is 0 Å². The summed E-state index contributed by atoms with van der Waals surface area (Å²) in [6.45, 7) is 11.4. The lowest BCUT2D eigenvalue weighted by atomic mass is 9.77. The van der Waals surface area contributed by atoms with Crippen molar-refractivity contribution in [1.29, 1.82) is 0 Å². The number of alkyl halides is 1. The minimum atomic E-state index is -1.16. The van der Waals surface area contributed by atoms with Crippen LogP contribution in [0.4, 0.5) is 0 Å². The molecule has 0 radical (unpaired) electrons. The summed E-state index contributed by atoms with van der Waals surface area (Å²) in [5, 5.41) is 22.5. The molecule has 6 heteroatoms. The lowest BCUT2D eigenvalue weighted by Crippen LogP contribution is -2.33. The number of carbonyl (C=O) groups excluding carboxylic acids is 1. The number of aliphatic hydroxyl groups is 2. The highest BCUT2D eigenvalue weighted by Gasteiger charge is 2.43. The molecule has 1 unspecified atom stereocenters. The molecule has 0 aliphatic rings. The van der Waals surface area contributed by atoms with Crippen molar-refractivity contribution in [3.63, 3.8) is 0 Å². The predicted octanol–water partition coefficient (Wildman–Crippen LogP) is 5.39. The number of hydrogen-bond donors (Lipinski definition) is 2. The zero-order valence-corrected chi connectivity index (χ0v) is 19.3. The molecule has 0 aliphatic carbocycles. The molecular weight excluding hydrogens is 459 g/mol. The molecule has 27 heavy (non-hydrogen) atoms. The van der Waals surface area contributed by atoms with Crippen molar-refractivity contribution in [2.24, 2.45) is 0 Å². The van der Waals surface area contributed by atoms with Crippen LogP contribution in [-0.4, -0.2) is 19.6 Å². The van der Waals surface area contributed by atoms with Gasteiger partial charge in [-0.25, -0.2) is 0 Å². The Balaban J connectivity index is 2.67. The molecule has 1 atom stereocenters. The third-order valence-electron chi connectivity index (χ3n) is 5.98. The maximum absolute atomic E-state index is 12.5. The molecule has 0 saturated carbocycles. The van der Waals surface area contributed by atoms with E-state index in [-0.39, 0.29) is 5.97 Å². The fraction of sp³-hybridized carbons (Fsp3) is 0.667. The molecule has 2 N–H and O–H groups in total. The van der Waals surface area contributed by atoms with E-state index in [0.717, 1.165) is 0 Å². The number of fused-ring (bicyclic) bond motifs is 2. The summed E-state index contributed by atoms with van der Waals surface area (Å²) in [6, 6.07) is 1.66. The number of halogens is 1. The van der Waals surface area contributed by atoms with Gasteiger partial charge in [-0.15, -0.1) is 0 Å². The van der Waals surface area contributed by atoms with E-state index in [0.29, 0.717) is 60.1 Å². The number of rotatable bonds is 9. The first-order chi connectivity index (χ1) is 12.5. The fourth-order valence-corrected chi connectivity index (χ4v) is 3.56. The van der Waals surface area contributed by atoms with Crippen LogP contribution in [0.15, 0.2) is 10.5 Å². The van der Waals surface area contributed by atoms with Crippen LogP contribution >= 0.6 is 22.6 Å². The summed E-state index contributed by atoms with van der Waals surface area (Å²) in [7, 11) is 0. The largest absolute Gasteiger partial charge is 0.452 e. The molecule has 0 saturated heterocycles. The number of carbonyl (C=O) groups is 1. The minimum absolute atomic E-state index is 0.319. The van der Waals surface area contributed by atoms with E-state index in [9.17, 15) is 15.0 Å². The van der Waals surface area contributed by atoms with Gasteiger partial charge in [0.1, 0.15) is 9.00 Å². The van der Waals surface area contributed by atoms with Gasteiger partial charge in [0.15, 0.2) is 11.3 Å². The summed E-state index contributed by atoms with van der Waals surface area (Å²) in [6.07, 6.45) is 2.56. The van der Waals surface area contributed by atoms with Gasteiger partial charge in [0.2, 0.25) is 0 Å². The molecule has 0 amide bonds. The SMILES string of the molecule is CCC(C)(I)C(=O)Oc1cc2oc1c(C(O)(CC)CC)c2C(O)(CC)CC. The van der Waals surface area contributed by atoms with Gasteiger partial charge in [0.05, 0.1) is 11.2 Å². The molecular formula is C21H31IO5. The van der Waals surface area contributed by atoms with Gasteiger partial charge in [0, 0.05) is 17.2 Å². The standard InChI is InChI=1S/C21H31IO5/c1-7-19(6,22)18(23)27-14-12-13-15(20(24,8-2)9-3)16(17(14)26-13)21(25,10-4)11-5/h12,24-25H,7-11H2,1-6H3. The third kappa shape index (κ3) is 3.72. The summed E-state index contributed by atoms with van der Waals surface area (Å²) < 4.78 is 10.9. The number of ether oxygens (including phenoxy) is 1. The first-order valence-electron chi connectivity index (χ1n) is 9.79. The second kappa shape index (κ2) is 7.87. The molecule has 0 fully saturated rings. The van der Waals surface area contributed by atoms with E-state index in [1.54, 1.807) is 6.07 Å². The van der Waals surface area contributed by atoms with Crippen LogP contribution in [0, 0.1) is 0 Å². The van der Waals surface area contributed by atoms with Crippen molar-refractivity contribution < 1.29 is 24.2 Å². The molecule has 2 aromatic rings. The molecule has 2 bridgehead atoms. The van der Waals surface area contributed by atoms with Crippen molar-refractivity contribution in [3.8, 4) is 5.75 Å². The van der Waals surface area contributed by atoms with Crippen molar-refractivity contribution >= 4 is 39.7 Å². The van der Waals surface area contributed by atoms with E-state index in [2.05, 4.69) is 22.6 Å². The molecule has 0 aromatic carbocycles. The molecule has 2 rings (SSSR count). The smallest absolute Gasteiger partial charge is 0.327 e. The molecule has 2 aromatic heterocycles. The number of furan rings is 2. The first-order valence-corrected chi connectivity index (χ1v) is 10.9. The van der Waals surface area contributed by atoms with E-state index >= 15 is 0 Å². The summed E-state index contributed by atoms with van der Waals surface area (Å²) >= 11 is 2.09. The molecule has 152 valence electrons. The van der Waals surface area contributed by atoms with E-state index in [1.807, 2.05) is 41.5 Å². The topological polar surface area (TPSA) is 79.9 Å². The summed E-state index contributed by atoms with van der Waals surface area (Å²) in [5.41, 5.74) is -0.233. The van der Waals surface area contributed by atoms with Gasteiger partial charge in [-0.05, 0) is 39.0 Å². The van der Waals surface area contributed by atoms with Gasteiger partial charge in [0.25, 0.3) is 0 Å². The fourth-order valence-electron chi connectivity index (χ4n) is 3.45.